The monoisotopic (exact) mass is 547 g/mol. The second kappa shape index (κ2) is 13.7. The molecule has 7 nitrogen and oxygen atoms in total. The number of carbonyl (C=O) groups excluding carboxylic acids is 2. The number of carboxylic acid groups (broad SMARTS) is 1. The molecule has 204 valence electrons. The van der Waals surface area contributed by atoms with Crippen LogP contribution in [0.2, 0.25) is 5.02 Å². The fourth-order valence-electron chi connectivity index (χ4n) is 3.94. The lowest BCUT2D eigenvalue weighted by atomic mass is 9.92. The quantitative estimate of drug-likeness (QED) is 0.336. The number of rotatable bonds is 8. The first-order chi connectivity index (χ1) is 17.9. The van der Waals surface area contributed by atoms with E-state index in [4.69, 9.17) is 11.6 Å². The molecule has 0 radical (unpaired) electrons. The minimum absolute atomic E-state index is 0.208. The molecule has 0 aliphatic rings. The Morgan fingerprint density at radius 1 is 1.08 bits per heavy atom. The molecule has 1 heterocycles. The number of carbonyl (C=O) groups is 3. The van der Waals surface area contributed by atoms with Crippen LogP contribution in [-0.2, 0) is 16.6 Å². The molecule has 1 unspecified atom stereocenters. The van der Waals surface area contributed by atoms with E-state index in [1.165, 1.54) is 29.3 Å². The average Bonchev–Trinajstić information content (AvgIpc) is 3.17. The lowest BCUT2D eigenvalue weighted by Gasteiger charge is -2.20. The summed E-state index contributed by atoms with van der Waals surface area (Å²) in [6.45, 7) is 7.38. The molecule has 2 aromatic carbocycles. The minimum Gasteiger partial charge on any atom is -0.481 e. The molecular formula is C28H32ClF2N3O4. The maximum atomic E-state index is 14.8. The lowest BCUT2D eigenvalue weighted by Crippen LogP contribution is -2.40. The molecule has 2 amide bonds. The fourth-order valence-corrected chi connectivity index (χ4v) is 4.19. The van der Waals surface area contributed by atoms with Crippen LogP contribution in [0.5, 0.6) is 0 Å². The number of carboxylic acids is 1. The SMILES string of the molecule is CCC.Cc1cccc(C)c1-c1cc(F)c(F)c(C(CC(=O)O)NC(=O)CNC(=O)c2cc(Cl)cn2C)c1. The number of hydrogen-bond donors (Lipinski definition) is 3. The van der Waals surface area contributed by atoms with Crippen molar-refractivity contribution in [2.45, 2.75) is 46.6 Å². The standard InChI is InChI=1S/C25H24ClF2N3O4.C3H8/c1-13-5-4-6-14(2)23(13)15-7-17(24(28)18(27)8-15)19(10-22(33)34)30-21(32)11-29-25(35)20-9-16(26)12-31(20)3;1-3-2/h4-9,12,19H,10-11H2,1-3H3,(H,29,35)(H,30,32)(H,33,34);3H2,1-2H3. The van der Waals surface area contributed by atoms with Crippen LogP contribution in [-0.4, -0.2) is 34.0 Å². The van der Waals surface area contributed by atoms with Gasteiger partial charge in [-0.25, -0.2) is 8.78 Å². The van der Waals surface area contributed by atoms with Gasteiger partial charge in [-0.2, -0.15) is 0 Å². The van der Waals surface area contributed by atoms with Crippen LogP contribution in [0.3, 0.4) is 0 Å². The maximum Gasteiger partial charge on any atom is 0.305 e. The Bertz CT molecular complexity index is 1300. The van der Waals surface area contributed by atoms with Crippen LogP contribution in [0.1, 0.15) is 59.9 Å². The number of amides is 2. The number of benzene rings is 2. The van der Waals surface area contributed by atoms with E-state index in [9.17, 15) is 28.3 Å². The Labute approximate surface area is 225 Å². The van der Waals surface area contributed by atoms with Gasteiger partial charge >= 0.3 is 5.97 Å². The van der Waals surface area contributed by atoms with Gasteiger partial charge < -0.3 is 20.3 Å². The molecule has 38 heavy (non-hydrogen) atoms. The maximum absolute atomic E-state index is 14.8. The van der Waals surface area contributed by atoms with Crippen molar-refractivity contribution in [2.24, 2.45) is 7.05 Å². The van der Waals surface area contributed by atoms with Crippen molar-refractivity contribution >= 4 is 29.4 Å². The highest BCUT2D eigenvalue weighted by Crippen LogP contribution is 2.32. The van der Waals surface area contributed by atoms with Gasteiger partial charge in [0.1, 0.15) is 5.69 Å². The average molecular weight is 548 g/mol. The van der Waals surface area contributed by atoms with Crippen molar-refractivity contribution in [1.82, 2.24) is 15.2 Å². The molecule has 0 aliphatic heterocycles. The highest BCUT2D eigenvalue weighted by Gasteiger charge is 2.25. The molecule has 1 aromatic heterocycles. The zero-order chi connectivity index (χ0) is 28.6. The summed E-state index contributed by atoms with van der Waals surface area (Å²) in [5.41, 5.74) is 2.58. The van der Waals surface area contributed by atoms with Crippen LogP contribution in [0.15, 0.2) is 42.6 Å². The number of aromatic nitrogens is 1. The zero-order valence-electron chi connectivity index (χ0n) is 22.0. The van der Waals surface area contributed by atoms with E-state index in [1.807, 2.05) is 32.0 Å². The van der Waals surface area contributed by atoms with Gasteiger partial charge in [0.05, 0.1) is 24.0 Å². The molecule has 0 bridgehead atoms. The van der Waals surface area contributed by atoms with Gasteiger partial charge in [-0.05, 0) is 54.3 Å². The van der Waals surface area contributed by atoms with Gasteiger partial charge in [-0.3, -0.25) is 14.4 Å². The highest BCUT2D eigenvalue weighted by molar-refractivity contribution is 6.31. The third kappa shape index (κ3) is 7.89. The number of aryl methyl sites for hydroxylation is 3. The second-order valence-electron chi connectivity index (χ2n) is 8.89. The van der Waals surface area contributed by atoms with Crippen LogP contribution < -0.4 is 10.6 Å². The van der Waals surface area contributed by atoms with Crippen LogP contribution in [0, 0.1) is 25.5 Å². The van der Waals surface area contributed by atoms with Gasteiger partial charge in [0.25, 0.3) is 5.91 Å². The third-order valence-electron chi connectivity index (χ3n) is 5.53. The summed E-state index contributed by atoms with van der Waals surface area (Å²) in [6.07, 6.45) is 2.07. The molecule has 0 aliphatic carbocycles. The van der Waals surface area contributed by atoms with Gasteiger partial charge in [0, 0.05) is 18.8 Å². The molecular weight excluding hydrogens is 516 g/mol. The van der Waals surface area contributed by atoms with E-state index in [1.54, 1.807) is 7.05 Å². The molecule has 3 aromatic rings. The molecule has 10 heteroatoms. The Balaban J connectivity index is 0.00000161. The summed E-state index contributed by atoms with van der Waals surface area (Å²) in [7, 11) is 1.60. The Kier molecular flexibility index (Phi) is 11.0. The number of nitrogens with zero attached hydrogens (tertiary/aromatic N) is 1. The van der Waals surface area contributed by atoms with E-state index >= 15 is 0 Å². The van der Waals surface area contributed by atoms with Gasteiger partial charge in [0.2, 0.25) is 5.91 Å². The summed E-state index contributed by atoms with van der Waals surface area (Å²) >= 11 is 5.86. The molecule has 0 saturated carbocycles. The molecule has 1 atom stereocenters. The largest absolute Gasteiger partial charge is 0.481 e. The van der Waals surface area contributed by atoms with E-state index in [0.29, 0.717) is 16.1 Å². The molecule has 3 rings (SSSR count). The normalized spacial score (nSPS) is 11.3. The smallest absolute Gasteiger partial charge is 0.305 e. The highest BCUT2D eigenvalue weighted by atomic mass is 35.5. The summed E-state index contributed by atoms with van der Waals surface area (Å²) in [5.74, 6) is -5.11. The van der Waals surface area contributed by atoms with E-state index in [2.05, 4.69) is 24.5 Å². The number of hydrogen-bond acceptors (Lipinski definition) is 3. The molecule has 0 fully saturated rings. The van der Waals surface area contributed by atoms with Crippen molar-refractivity contribution in [3.05, 3.63) is 81.6 Å². The Morgan fingerprint density at radius 2 is 1.68 bits per heavy atom. The second-order valence-corrected chi connectivity index (χ2v) is 9.33. The minimum atomic E-state index is -1.37. The van der Waals surface area contributed by atoms with Gasteiger partial charge in [-0.15, -0.1) is 0 Å². The summed E-state index contributed by atoms with van der Waals surface area (Å²) in [6, 6.07) is 7.90. The third-order valence-corrected chi connectivity index (χ3v) is 5.74. The van der Waals surface area contributed by atoms with E-state index in [0.717, 1.165) is 17.2 Å². The van der Waals surface area contributed by atoms with Crippen molar-refractivity contribution in [1.29, 1.82) is 0 Å². The molecule has 0 saturated heterocycles. The predicted molar refractivity (Wildman–Crippen MR) is 143 cm³/mol. The predicted octanol–water partition coefficient (Wildman–Crippen LogP) is 5.72. The first-order valence-corrected chi connectivity index (χ1v) is 12.4. The number of halogens is 3. The topological polar surface area (TPSA) is 100 Å². The Morgan fingerprint density at radius 3 is 2.21 bits per heavy atom. The van der Waals surface area contributed by atoms with Crippen LogP contribution in [0.25, 0.3) is 11.1 Å². The van der Waals surface area contributed by atoms with Crippen LogP contribution in [0.4, 0.5) is 8.78 Å². The van der Waals surface area contributed by atoms with Gasteiger partial charge in [-0.1, -0.05) is 50.1 Å². The lowest BCUT2D eigenvalue weighted by molar-refractivity contribution is -0.137. The van der Waals surface area contributed by atoms with Crippen molar-refractivity contribution in [3.8, 4) is 11.1 Å². The molecule has 0 spiro atoms. The Hall–Kier alpha value is -3.72. The first-order valence-electron chi connectivity index (χ1n) is 12.1. The van der Waals surface area contributed by atoms with Crippen molar-refractivity contribution in [2.75, 3.05) is 6.54 Å². The van der Waals surface area contributed by atoms with E-state index in [-0.39, 0.29) is 11.3 Å². The summed E-state index contributed by atoms with van der Waals surface area (Å²) in [5, 5.41) is 14.5. The number of aliphatic carboxylic acids is 1. The van der Waals surface area contributed by atoms with Gasteiger partial charge in [0.15, 0.2) is 11.6 Å². The molecule has 3 N–H and O–H groups in total. The zero-order valence-corrected chi connectivity index (χ0v) is 22.7. The summed E-state index contributed by atoms with van der Waals surface area (Å²) < 4.78 is 30.9. The van der Waals surface area contributed by atoms with Crippen molar-refractivity contribution < 1.29 is 28.3 Å². The fraction of sp³-hybridized carbons (Fsp3) is 0.321. The first kappa shape index (κ1) is 30.5. The van der Waals surface area contributed by atoms with Crippen molar-refractivity contribution in [3.63, 3.8) is 0 Å². The summed E-state index contributed by atoms with van der Waals surface area (Å²) in [4.78, 5) is 36.3. The van der Waals surface area contributed by atoms with Crippen LogP contribution >= 0.6 is 11.6 Å². The van der Waals surface area contributed by atoms with E-state index < -0.39 is 48.4 Å². The number of nitrogens with one attached hydrogen (secondary N) is 2.